The van der Waals surface area contributed by atoms with Crippen molar-refractivity contribution in [1.82, 2.24) is 15.1 Å². The molecule has 7 nitrogen and oxygen atoms in total. The molecule has 25 heavy (non-hydrogen) atoms. The molecule has 1 fully saturated rings. The van der Waals surface area contributed by atoms with Crippen LogP contribution in [0.5, 0.6) is 5.75 Å². The van der Waals surface area contributed by atoms with Crippen LogP contribution in [-0.4, -0.2) is 46.2 Å². The maximum atomic E-state index is 12.2. The van der Waals surface area contributed by atoms with Crippen LogP contribution in [0.2, 0.25) is 0 Å². The third-order valence-electron chi connectivity index (χ3n) is 4.16. The average molecular weight is 345 g/mol. The minimum atomic E-state index is -0.184. The standard InChI is InChI=1S/C18H23N3O4/c22-12-14-2-4-15(5-3-14)25-17-7-11-24-13-16(17)20-18(23)6-10-21-9-1-8-19-21/h1-5,8-9,16-17,22H,6-7,10-13H2,(H,20,23)/t16-,17-/m1/s1. The van der Waals surface area contributed by atoms with Crippen molar-refractivity contribution in [1.29, 1.82) is 0 Å². The predicted molar refractivity (Wildman–Crippen MR) is 91.0 cm³/mol. The van der Waals surface area contributed by atoms with Crippen LogP contribution in [0.1, 0.15) is 18.4 Å². The molecule has 0 saturated carbocycles. The first-order valence-corrected chi connectivity index (χ1v) is 8.45. The lowest BCUT2D eigenvalue weighted by Gasteiger charge is -2.32. The fourth-order valence-corrected chi connectivity index (χ4v) is 2.77. The molecule has 2 aromatic rings. The second-order valence-corrected chi connectivity index (χ2v) is 6.02. The first-order chi connectivity index (χ1) is 12.2. The smallest absolute Gasteiger partial charge is 0.222 e. The summed E-state index contributed by atoms with van der Waals surface area (Å²) in [6.07, 6.45) is 4.46. The Hall–Kier alpha value is -2.38. The summed E-state index contributed by atoms with van der Waals surface area (Å²) in [6.45, 7) is 1.60. The Morgan fingerprint density at radius 3 is 2.96 bits per heavy atom. The maximum Gasteiger partial charge on any atom is 0.222 e. The number of nitrogens with zero attached hydrogens (tertiary/aromatic N) is 2. The summed E-state index contributed by atoms with van der Waals surface area (Å²) in [4.78, 5) is 12.2. The number of ether oxygens (including phenoxy) is 2. The Morgan fingerprint density at radius 2 is 2.24 bits per heavy atom. The zero-order valence-electron chi connectivity index (χ0n) is 14.0. The number of aliphatic hydroxyl groups is 1. The van der Waals surface area contributed by atoms with Crippen LogP contribution in [0.4, 0.5) is 0 Å². The van der Waals surface area contributed by atoms with E-state index in [1.807, 2.05) is 36.5 Å². The summed E-state index contributed by atoms with van der Waals surface area (Å²) in [5.74, 6) is 0.676. The highest BCUT2D eigenvalue weighted by Gasteiger charge is 2.28. The van der Waals surface area contributed by atoms with Gasteiger partial charge in [-0.3, -0.25) is 9.48 Å². The first-order valence-electron chi connectivity index (χ1n) is 8.45. The van der Waals surface area contributed by atoms with E-state index in [0.29, 0.717) is 32.6 Å². The van der Waals surface area contributed by atoms with Gasteiger partial charge in [0.15, 0.2) is 0 Å². The van der Waals surface area contributed by atoms with Crippen molar-refractivity contribution in [2.24, 2.45) is 0 Å². The average Bonchev–Trinajstić information content (AvgIpc) is 3.16. The molecular formula is C18H23N3O4. The zero-order valence-corrected chi connectivity index (χ0v) is 14.0. The predicted octanol–water partition coefficient (Wildman–Crippen LogP) is 1.12. The Bertz CT molecular complexity index is 657. The molecule has 2 atom stereocenters. The highest BCUT2D eigenvalue weighted by molar-refractivity contribution is 5.76. The molecule has 3 rings (SSSR count). The van der Waals surface area contributed by atoms with Crippen LogP contribution < -0.4 is 10.1 Å². The van der Waals surface area contributed by atoms with Gasteiger partial charge in [-0.1, -0.05) is 12.1 Å². The molecule has 0 spiro atoms. The molecule has 1 aromatic heterocycles. The van der Waals surface area contributed by atoms with E-state index in [1.54, 1.807) is 10.9 Å². The van der Waals surface area contributed by atoms with Crippen LogP contribution >= 0.6 is 0 Å². The Balaban J connectivity index is 1.53. The van der Waals surface area contributed by atoms with E-state index in [4.69, 9.17) is 14.6 Å². The molecule has 7 heteroatoms. The molecule has 1 saturated heterocycles. The highest BCUT2D eigenvalue weighted by atomic mass is 16.5. The van der Waals surface area contributed by atoms with Gasteiger partial charge in [0.1, 0.15) is 11.9 Å². The molecule has 1 aromatic carbocycles. The fourth-order valence-electron chi connectivity index (χ4n) is 2.77. The topological polar surface area (TPSA) is 85.6 Å². The molecule has 0 aliphatic carbocycles. The largest absolute Gasteiger partial charge is 0.488 e. The molecule has 1 aliphatic heterocycles. The third kappa shape index (κ3) is 5.04. The van der Waals surface area contributed by atoms with Gasteiger partial charge in [0.05, 0.1) is 25.9 Å². The first kappa shape index (κ1) is 17.4. The lowest BCUT2D eigenvalue weighted by atomic mass is 10.1. The molecule has 0 radical (unpaired) electrons. The molecule has 1 aliphatic rings. The molecule has 134 valence electrons. The Kier molecular flexibility index (Phi) is 6.03. The summed E-state index contributed by atoms with van der Waals surface area (Å²) >= 11 is 0. The number of carbonyl (C=O) groups excluding carboxylic acids is 1. The quantitative estimate of drug-likeness (QED) is 0.785. The van der Waals surface area contributed by atoms with Crippen LogP contribution in [0.15, 0.2) is 42.7 Å². The summed E-state index contributed by atoms with van der Waals surface area (Å²) in [5.41, 5.74) is 0.836. The lowest BCUT2D eigenvalue weighted by molar-refractivity contribution is -0.124. The monoisotopic (exact) mass is 345 g/mol. The van der Waals surface area contributed by atoms with Crippen molar-refractivity contribution in [2.45, 2.75) is 38.1 Å². The van der Waals surface area contributed by atoms with Gasteiger partial charge in [-0.15, -0.1) is 0 Å². The molecule has 2 N–H and O–H groups in total. The van der Waals surface area contributed by atoms with Crippen LogP contribution in [0, 0.1) is 0 Å². The van der Waals surface area contributed by atoms with Gasteiger partial charge < -0.3 is 19.9 Å². The van der Waals surface area contributed by atoms with E-state index >= 15 is 0 Å². The van der Waals surface area contributed by atoms with Gasteiger partial charge in [-0.05, 0) is 23.8 Å². The number of aliphatic hydroxyl groups excluding tert-OH is 1. The number of carbonyl (C=O) groups is 1. The van der Waals surface area contributed by atoms with E-state index in [-0.39, 0.29) is 24.7 Å². The van der Waals surface area contributed by atoms with Gasteiger partial charge in [0.2, 0.25) is 5.91 Å². The number of rotatable bonds is 7. The van der Waals surface area contributed by atoms with Crippen molar-refractivity contribution >= 4 is 5.91 Å². The highest BCUT2D eigenvalue weighted by Crippen LogP contribution is 2.19. The van der Waals surface area contributed by atoms with Gasteiger partial charge in [0, 0.05) is 31.8 Å². The second-order valence-electron chi connectivity index (χ2n) is 6.02. The van der Waals surface area contributed by atoms with Crippen molar-refractivity contribution in [3.63, 3.8) is 0 Å². The van der Waals surface area contributed by atoms with Crippen LogP contribution in [-0.2, 0) is 22.7 Å². The number of hydrogen-bond acceptors (Lipinski definition) is 5. The van der Waals surface area contributed by atoms with E-state index in [1.165, 1.54) is 0 Å². The van der Waals surface area contributed by atoms with Crippen molar-refractivity contribution < 1.29 is 19.4 Å². The number of hydrogen-bond donors (Lipinski definition) is 2. The minimum absolute atomic E-state index is 0.00643. The summed E-state index contributed by atoms with van der Waals surface area (Å²) < 4.78 is 13.2. The molecule has 1 amide bonds. The molecule has 2 heterocycles. The third-order valence-corrected chi connectivity index (χ3v) is 4.16. The molecule has 0 unspecified atom stereocenters. The summed E-state index contributed by atoms with van der Waals surface area (Å²) in [6, 6.07) is 8.96. The van der Waals surface area contributed by atoms with Gasteiger partial charge in [-0.25, -0.2) is 0 Å². The zero-order chi connectivity index (χ0) is 17.5. The number of amides is 1. The maximum absolute atomic E-state index is 12.2. The van der Waals surface area contributed by atoms with E-state index in [9.17, 15) is 4.79 Å². The van der Waals surface area contributed by atoms with Gasteiger partial charge in [0.25, 0.3) is 0 Å². The minimum Gasteiger partial charge on any atom is -0.488 e. The fraction of sp³-hybridized carbons (Fsp3) is 0.444. The Labute approximate surface area is 146 Å². The molecule has 0 bridgehead atoms. The summed E-state index contributed by atoms with van der Waals surface area (Å²) in [7, 11) is 0. The number of benzene rings is 1. The van der Waals surface area contributed by atoms with Crippen LogP contribution in [0.25, 0.3) is 0 Å². The SMILES string of the molecule is O=C(CCn1cccn1)N[C@@H]1COCC[C@H]1Oc1ccc(CO)cc1. The number of aromatic nitrogens is 2. The summed E-state index contributed by atoms with van der Waals surface area (Å²) in [5, 5.41) is 16.2. The van der Waals surface area contributed by atoms with Gasteiger partial charge in [-0.2, -0.15) is 5.10 Å². The normalized spacial score (nSPS) is 20.2. The van der Waals surface area contributed by atoms with Crippen LogP contribution in [0.3, 0.4) is 0 Å². The number of nitrogens with one attached hydrogen (secondary N) is 1. The van der Waals surface area contributed by atoms with E-state index < -0.39 is 0 Å². The van der Waals surface area contributed by atoms with E-state index in [2.05, 4.69) is 10.4 Å². The van der Waals surface area contributed by atoms with Gasteiger partial charge >= 0.3 is 0 Å². The van der Waals surface area contributed by atoms with Crippen molar-refractivity contribution in [3.05, 3.63) is 48.3 Å². The second kappa shape index (κ2) is 8.64. The number of aryl methyl sites for hydroxylation is 1. The molecular weight excluding hydrogens is 322 g/mol. The van der Waals surface area contributed by atoms with E-state index in [0.717, 1.165) is 11.3 Å². The van der Waals surface area contributed by atoms with Crippen molar-refractivity contribution in [2.75, 3.05) is 13.2 Å². The Morgan fingerprint density at radius 1 is 1.40 bits per heavy atom. The lowest BCUT2D eigenvalue weighted by Crippen LogP contribution is -2.51. The van der Waals surface area contributed by atoms with Crippen molar-refractivity contribution in [3.8, 4) is 5.75 Å².